The number of carbonyl (C=O) groups excluding carboxylic acids is 1. The van der Waals surface area contributed by atoms with Gasteiger partial charge in [0.05, 0.1) is 12.2 Å². The van der Waals surface area contributed by atoms with E-state index >= 15 is 0 Å². The molecule has 0 bridgehead atoms. The Hall–Kier alpha value is -0.0800. The maximum atomic E-state index is 11.0. The molecule has 1 rings (SSSR count). The van der Waals surface area contributed by atoms with Crippen LogP contribution in [-0.2, 0) is 9.53 Å². The molecule has 3 atom stereocenters. The number of Topliss-reactive ketones (excluding diaryl/α,β-unsaturated/α-hetero) is 1. The van der Waals surface area contributed by atoms with Crippen LogP contribution in [0.15, 0.2) is 0 Å². The monoisotopic (exact) mass is 176 g/mol. The molecule has 3 heteroatoms. The number of rotatable bonds is 2. The summed E-state index contributed by atoms with van der Waals surface area (Å²) in [7, 11) is 0. The number of ketones is 1. The Labute approximate surface area is 71.9 Å². The predicted molar refractivity (Wildman–Crippen MR) is 43.8 cm³/mol. The zero-order chi connectivity index (χ0) is 8.43. The molecular formula is C8H13ClO2. The molecule has 0 aliphatic carbocycles. The van der Waals surface area contributed by atoms with Crippen LogP contribution in [0.2, 0.25) is 0 Å². The maximum absolute atomic E-state index is 11.0. The van der Waals surface area contributed by atoms with E-state index in [0.717, 1.165) is 6.42 Å². The number of hydrogen-bond donors (Lipinski definition) is 0. The maximum Gasteiger partial charge on any atom is 0.135 e. The van der Waals surface area contributed by atoms with Gasteiger partial charge in [0.1, 0.15) is 5.78 Å². The smallest absolute Gasteiger partial charge is 0.135 e. The fraction of sp³-hybridized carbons (Fsp3) is 0.875. The van der Waals surface area contributed by atoms with Crippen molar-refractivity contribution in [2.75, 3.05) is 5.88 Å². The van der Waals surface area contributed by atoms with Crippen LogP contribution in [0, 0.1) is 5.92 Å². The highest BCUT2D eigenvalue weighted by Gasteiger charge is 2.34. The van der Waals surface area contributed by atoms with Crippen LogP contribution in [0.4, 0.5) is 0 Å². The van der Waals surface area contributed by atoms with Gasteiger partial charge in [-0.3, -0.25) is 4.79 Å². The molecule has 1 aliphatic heterocycles. The first-order valence-electron chi connectivity index (χ1n) is 3.87. The molecule has 1 fully saturated rings. The van der Waals surface area contributed by atoms with Crippen LogP contribution in [0.1, 0.15) is 20.3 Å². The normalized spacial score (nSPS) is 37.5. The zero-order valence-electron chi connectivity index (χ0n) is 6.84. The number of carbonyl (C=O) groups is 1. The molecule has 0 saturated carbocycles. The second kappa shape index (κ2) is 3.55. The average molecular weight is 177 g/mol. The van der Waals surface area contributed by atoms with Crippen molar-refractivity contribution in [3.63, 3.8) is 0 Å². The van der Waals surface area contributed by atoms with E-state index in [4.69, 9.17) is 16.3 Å². The highest BCUT2D eigenvalue weighted by Crippen LogP contribution is 2.27. The standard InChI is InChI=1S/C8H13ClO2/c1-5(10)8-3-7(4-9)11-6(8)2/h6-8H,3-4H2,1-2H3. The first-order valence-corrected chi connectivity index (χ1v) is 4.40. The molecule has 0 radical (unpaired) electrons. The number of hydrogen-bond acceptors (Lipinski definition) is 2. The van der Waals surface area contributed by atoms with E-state index in [2.05, 4.69) is 0 Å². The van der Waals surface area contributed by atoms with E-state index in [9.17, 15) is 4.79 Å². The van der Waals surface area contributed by atoms with Gasteiger partial charge in [0.25, 0.3) is 0 Å². The summed E-state index contributed by atoms with van der Waals surface area (Å²) in [5.74, 6) is 0.776. The molecule has 11 heavy (non-hydrogen) atoms. The third kappa shape index (κ3) is 1.94. The summed E-state index contributed by atoms with van der Waals surface area (Å²) in [6, 6.07) is 0. The highest BCUT2D eigenvalue weighted by molar-refractivity contribution is 6.18. The Morgan fingerprint density at radius 2 is 2.36 bits per heavy atom. The zero-order valence-corrected chi connectivity index (χ0v) is 7.60. The summed E-state index contributed by atoms with van der Waals surface area (Å²) in [5.41, 5.74) is 0. The van der Waals surface area contributed by atoms with Crippen molar-refractivity contribution >= 4 is 17.4 Å². The molecule has 64 valence electrons. The largest absolute Gasteiger partial charge is 0.373 e. The van der Waals surface area contributed by atoms with E-state index in [1.165, 1.54) is 0 Å². The van der Waals surface area contributed by atoms with Gasteiger partial charge in [0.15, 0.2) is 0 Å². The first-order chi connectivity index (χ1) is 5.15. The van der Waals surface area contributed by atoms with E-state index < -0.39 is 0 Å². The lowest BCUT2D eigenvalue weighted by atomic mass is 9.97. The summed E-state index contributed by atoms with van der Waals surface area (Å²) in [6.45, 7) is 3.54. The van der Waals surface area contributed by atoms with Gasteiger partial charge in [0, 0.05) is 11.8 Å². The van der Waals surface area contributed by atoms with Crippen LogP contribution in [0.3, 0.4) is 0 Å². The molecule has 0 amide bonds. The van der Waals surface area contributed by atoms with Gasteiger partial charge in [0.2, 0.25) is 0 Å². The Balaban J connectivity index is 2.51. The molecule has 0 aromatic heterocycles. The van der Waals surface area contributed by atoms with E-state index in [1.54, 1.807) is 6.92 Å². The summed E-state index contributed by atoms with van der Waals surface area (Å²) < 4.78 is 5.43. The first kappa shape index (κ1) is 9.01. The van der Waals surface area contributed by atoms with Crippen molar-refractivity contribution in [3.05, 3.63) is 0 Å². The summed E-state index contributed by atoms with van der Waals surface area (Å²) in [6.07, 6.45) is 0.928. The Bertz CT molecular complexity index is 158. The Morgan fingerprint density at radius 1 is 1.73 bits per heavy atom. The van der Waals surface area contributed by atoms with E-state index in [0.29, 0.717) is 5.88 Å². The molecular weight excluding hydrogens is 164 g/mol. The van der Waals surface area contributed by atoms with Gasteiger partial charge >= 0.3 is 0 Å². The molecule has 2 nitrogen and oxygen atoms in total. The molecule has 0 spiro atoms. The van der Waals surface area contributed by atoms with Crippen LogP contribution in [-0.4, -0.2) is 23.9 Å². The number of ether oxygens (including phenoxy) is 1. The average Bonchev–Trinajstić information content (AvgIpc) is 2.30. The van der Waals surface area contributed by atoms with E-state index in [-0.39, 0.29) is 23.9 Å². The van der Waals surface area contributed by atoms with Gasteiger partial charge in [-0.15, -0.1) is 11.6 Å². The third-order valence-electron chi connectivity index (χ3n) is 2.18. The highest BCUT2D eigenvalue weighted by atomic mass is 35.5. The summed E-state index contributed by atoms with van der Waals surface area (Å²) in [4.78, 5) is 11.0. The van der Waals surface area contributed by atoms with Gasteiger partial charge in [-0.2, -0.15) is 0 Å². The molecule has 1 saturated heterocycles. The molecule has 0 N–H and O–H groups in total. The van der Waals surface area contributed by atoms with Crippen molar-refractivity contribution in [3.8, 4) is 0 Å². The van der Waals surface area contributed by atoms with Gasteiger partial charge in [-0.05, 0) is 20.3 Å². The number of halogens is 1. The lowest BCUT2D eigenvalue weighted by molar-refractivity contribution is -0.122. The molecule has 0 aromatic rings. The van der Waals surface area contributed by atoms with Crippen molar-refractivity contribution < 1.29 is 9.53 Å². The minimum Gasteiger partial charge on any atom is -0.373 e. The van der Waals surface area contributed by atoms with Crippen molar-refractivity contribution in [1.29, 1.82) is 0 Å². The fourth-order valence-electron chi connectivity index (χ4n) is 1.52. The summed E-state index contributed by atoms with van der Waals surface area (Å²) >= 11 is 5.61. The lowest BCUT2D eigenvalue weighted by Gasteiger charge is -2.08. The fourth-order valence-corrected chi connectivity index (χ4v) is 1.72. The van der Waals surface area contributed by atoms with Gasteiger partial charge < -0.3 is 4.74 Å². The second-order valence-corrected chi connectivity index (χ2v) is 3.38. The molecule has 3 unspecified atom stereocenters. The van der Waals surface area contributed by atoms with Gasteiger partial charge in [-0.1, -0.05) is 0 Å². The minimum atomic E-state index is 0.0521. The number of alkyl halides is 1. The van der Waals surface area contributed by atoms with Crippen molar-refractivity contribution in [2.45, 2.75) is 32.5 Å². The van der Waals surface area contributed by atoms with Crippen LogP contribution < -0.4 is 0 Å². The molecule has 1 aliphatic rings. The topological polar surface area (TPSA) is 26.3 Å². The predicted octanol–water partition coefficient (Wildman–Crippen LogP) is 1.61. The van der Waals surface area contributed by atoms with E-state index in [1.807, 2.05) is 6.92 Å². The second-order valence-electron chi connectivity index (χ2n) is 3.07. The molecule has 0 aromatic carbocycles. The van der Waals surface area contributed by atoms with Gasteiger partial charge in [-0.25, -0.2) is 0 Å². The van der Waals surface area contributed by atoms with Crippen LogP contribution in [0.5, 0.6) is 0 Å². The molecule has 1 heterocycles. The van der Waals surface area contributed by atoms with Crippen LogP contribution in [0.25, 0.3) is 0 Å². The van der Waals surface area contributed by atoms with Crippen molar-refractivity contribution in [1.82, 2.24) is 0 Å². The van der Waals surface area contributed by atoms with Crippen molar-refractivity contribution in [2.24, 2.45) is 5.92 Å². The quantitative estimate of drug-likeness (QED) is 0.598. The third-order valence-corrected chi connectivity index (χ3v) is 2.53. The summed E-state index contributed by atoms with van der Waals surface area (Å²) in [5, 5.41) is 0. The lowest BCUT2D eigenvalue weighted by Crippen LogP contribution is -2.18. The Morgan fingerprint density at radius 3 is 2.64 bits per heavy atom. The van der Waals surface area contributed by atoms with Crippen LogP contribution >= 0.6 is 11.6 Å². The Kier molecular flexibility index (Phi) is 2.90. The minimum absolute atomic E-state index is 0.0521. The SMILES string of the molecule is CC(=O)C1CC(CCl)OC1C.